The first kappa shape index (κ1) is 17.8. The standard InChI is InChI=1S/C19H23NO4/c1-5-24-18(21)10-16-17(13(2)3)12-20(19(16)22)11-14-6-8-15(23-4)9-7-14/h6-10,17H,2,5,11-12H2,1,3-4H3/b16-10-. The molecule has 1 amide bonds. The molecule has 128 valence electrons. The van der Waals surface area contributed by atoms with E-state index in [1.165, 1.54) is 6.08 Å². The van der Waals surface area contributed by atoms with Crippen molar-refractivity contribution in [3.05, 3.63) is 53.6 Å². The second-order valence-electron chi connectivity index (χ2n) is 5.78. The number of amides is 1. The Bertz CT molecular complexity index is 660. The number of benzene rings is 1. The van der Waals surface area contributed by atoms with E-state index in [9.17, 15) is 9.59 Å². The lowest BCUT2D eigenvalue weighted by atomic mass is 9.95. The summed E-state index contributed by atoms with van der Waals surface area (Å²) < 4.78 is 10.1. The van der Waals surface area contributed by atoms with Gasteiger partial charge in [-0.1, -0.05) is 24.3 Å². The zero-order valence-corrected chi connectivity index (χ0v) is 14.4. The number of rotatable bonds is 6. The van der Waals surface area contributed by atoms with Crippen molar-refractivity contribution in [3.8, 4) is 5.75 Å². The van der Waals surface area contributed by atoms with Gasteiger partial charge in [0.1, 0.15) is 5.75 Å². The molecule has 0 N–H and O–H groups in total. The molecular weight excluding hydrogens is 306 g/mol. The quantitative estimate of drug-likeness (QED) is 0.457. The van der Waals surface area contributed by atoms with Crippen LogP contribution in [0.1, 0.15) is 19.4 Å². The molecule has 2 rings (SSSR count). The third-order valence-electron chi connectivity index (χ3n) is 4.00. The van der Waals surface area contributed by atoms with Crippen LogP contribution in [0.15, 0.2) is 48.1 Å². The van der Waals surface area contributed by atoms with E-state index >= 15 is 0 Å². The van der Waals surface area contributed by atoms with Crippen molar-refractivity contribution in [1.29, 1.82) is 0 Å². The number of carbonyl (C=O) groups excluding carboxylic acids is 2. The Balaban J connectivity index is 2.18. The third-order valence-corrected chi connectivity index (χ3v) is 4.00. The normalized spacial score (nSPS) is 18.8. The van der Waals surface area contributed by atoms with Crippen LogP contribution < -0.4 is 4.74 Å². The highest BCUT2D eigenvalue weighted by atomic mass is 16.5. The molecule has 0 spiro atoms. The predicted molar refractivity (Wildman–Crippen MR) is 91.4 cm³/mol. The number of esters is 1. The van der Waals surface area contributed by atoms with Gasteiger partial charge < -0.3 is 14.4 Å². The molecule has 1 aromatic carbocycles. The number of carbonyl (C=O) groups is 2. The Morgan fingerprint density at radius 2 is 2.04 bits per heavy atom. The predicted octanol–water partition coefficient (Wildman–Crippen LogP) is 2.72. The molecule has 5 heteroatoms. The first-order valence-corrected chi connectivity index (χ1v) is 7.92. The number of methoxy groups -OCH3 is 1. The Labute approximate surface area is 142 Å². The summed E-state index contributed by atoms with van der Waals surface area (Å²) in [6.07, 6.45) is 1.30. The summed E-state index contributed by atoms with van der Waals surface area (Å²) in [4.78, 5) is 26.1. The van der Waals surface area contributed by atoms with Crippen molar-refractivity contribution in [2.75, 3.05) is 20.3 Å². The van der Waals surface area contributed by atoms with Crippen molar-refractivity contribution in [2.24, 2.45) is 5.92 Å². The average Bonchev–Trinajstić information content (AvgIpc) is 2.85. The number of hydrogen-bond donors (Lipinski definition) is 0. The molecule has 0 radical (unpaired) electrons. The zero-order valence-electron chi connectivity index (χ0n) is 14.4. The zero-order chi connectivity index (χ0) is 17.7. The van der Waals surface area contributed by atoms with E-state index in [2.05, 4.69) is 6.58 Å². The maximum atomic E-state index is 12.7. The fourth-order valence-electron chi connectivity index (χ4n) is 2.72. The topological polar surface area (TPSA) is 55.8 Å². The minimum Gasteiger partial charge on any atom is -0.497 e. The maximum absolute atomic E-state index is 12.7. The molecule has 1 atom stereocenters. The van der Waals surface area contributed by atoms with Crippen molar-refractivity contribution in [2.45, 2.75) is 20.4 Å². The fourth-order valence-corrected chi connectivity index (χ4v) is 2.72. The molecule has 1 heterocycles. The monoisotopic (exact) mass is 329 g/mol. The molecule has 24 heavy (non-hydrogen) atoms. The van der Waals surface area contributed by atoms with Gasteiger partial charge >= 0.3 is 5.97 Å². The van der Waals surface area contributed by atoms with E-state index in [1.807, 2.05) is 31.2 Å². The lowest BCUT2D eigenvalue weighted by Crippen LogP contribution is -2.25. The second kappa shape index (κ2) is 7.81. The van der Waals surface area contributed by atoms with Crippen molar-refractivity contribution < 1.29 is 19.1 Å². The second-order valence-corrected chi connectivity index (χ2v) is 5.78. The van der Waals surface area contributed by atoms with Crippen LogP contribution in [0.25, 0.3) is 0 Å². The van der Waals surface area contributed by atoms with E-state index in [4.69, 9.17) is 9.47 Å². The number of hydrogen-bond acceptors (Lipinski definition) is 4. The molecule has 1 aromatic rings. The molecule has 0 bridgehead atoms. The van der Waals surface area contributed by atoms with Gasteiger partial charge in [0.2, 0.25) is 0 Å². The van der Waals surface area contributed by atoms with Gasteiger partial charge in [-0.2, -0.15) is 0 Å². The summed E-state index contributed by atoms with van der Waals surface area (Å²) in [6.45, 7) is 8.84. The summed E-state index contributed by atoms with van der Waals surface area (Å²) in [5.41, 5.74) is 2.31. The van der Waals surface area contributed by atoms with Gasteiger partial charge in [-0.25, -0.2) is 4.79 Å². The largest absolute Gasteiger partial charge is 0.497 e. The smallest absolute Gasteiger partial charge is 0.331 e. The van der Waals surface area contributed by atoms with Gasteiger partial charge in [0.25, 0.3) is 5.91 Å². The van der Waals surface area contributed by atoms with Crippen LogP contribution in [0.5, 0.6) is 5.75 Å². The highest BCUT2D eigenvalue weighted by Crippen LogP contribution is 2.30. The highest BCUT2D eigenvalue weighted by molar-refractivity contribution is 6.02. The molecular formula is C19H23NO4. The van der Waals surface area contributed by atoms with E-state index < -0.39 is 5.97 Å². The van der Waals surface area contributed by atoms with Crippen molar-refractivity contribution >= 4 is 11.9 Å². The minimum absolute atomic E-state index is 0.146. The summed E-state index contributed by atoms with van der Waals surface area (Å²) in [5, 5.41) is 0. The maximum Gasteiger partial charge on any atom is 0.331 e. The Morgan fingerprint density at radius 1 is 1.38 bits per heavy atom. The summed E-state index contributed by atoms with van der Waals surface area (Å²) in [7, 11) is 1.61. The molecule has 1 aliphatic heterocycles. The molecule has 1 unspecified atom stereocenters. The van der Waals surface area contributed by atoms with E-state index in [1.54, 1.807) is 18.9 Å². The Kier molecular flexibility index (Phi) is 5.79. The highest BCUT2D eigenvalue weighted by Gasteiger charge is 2.36. The van der Waals surface area contributed by atoms with Crippen LogP contribution in [0.4, 0.5) is 0 Å². The number of ether oxygens (including phenoxy) is 2. The number of likely N-dealkylation sites (tertiary alicyclic amines) is 1. The lowest BCUT2D eigenvalue weighted by molar-refractivity contribution is -0.137. The molecule has 1 saturated heterocycles. The Hall–Kier alpha value is -2.56. The molecule has 0 aliphatic carbocycles. The molecule has 0 aromatic heterocycles. The van der Waals surface area contributed by atoms with Crippen molar-refractivity contribution in [1.82, 2.24) is 4.90 Å². The fraction of sp³-hybridized carbons (Fsp3) is 0.368. The summed E-state index contributed by atoms with van der Waals surface area (Å²) >= 11 is 0. The van der Waals surface area contributed by atoms with E-state index in [0.29, 0.717) is 18.7 Å². The molecule has 1 fully saturated rings. The Morgan fingerprint density at radius 3 is 2.58 bits per heavy atom. The number of nitrogens with zero attached hydrogens (tertiary/aromatic N) is 1. The van der Waals surface area contributed by atoms with Crippen molar-refractivity contribution in [3.63, 3.8) is 0 Å². The SMILES string of the molecule is C=C(C)C1CN(Cc2ccc(OC)cc2)C(=O)/C1=C\C(=O)OCC. The van der Waals surface area contributed by atoms with Crippen LogP contribution in [0.2, 0.25) is 0 Å². The van der Waals surface area contributed by atoms with E-state index in [0.717, 1.165) is 16.9 Å². The van der Waals surface area contributed by atoms with Crippen LogP contribution in [0.3, 0.4) is 0 Å². The van der Waals surface area contributed by atoms with E-state index in [-0.39, 0.29) is 18.4 Å². The summed E-state index contributed by atoms with van der Waals surface area (Å²) in [6, 6.07) is 7.58. The molecule has 0 saturated carbocycles. The van der Waals surface area contributed by atoms with Gasteiger partial charge in [0.15, 0.2) is 0 Å². The van der Waals surface area contributed by atoms with Crippen LogP contribution in [-0.4, -0.2) is 37.0 Å². The molecule has 1 aliphatic rings. The van der Waals surface area contributed by atoms with Gasteiger partial charge in [0, 0.05) is 30.7 Å². The van der Waals surface area contributed by atoms with Gasteiger partial charge in [-0.05, 0) is 31.5 Å². The third kappa shape index (κ3) is 4.04. The van der Waals surface area contributed by atoms with Crippen LogP contribution in [0, 0.1) is 5.92 Å². The van der Waals surface area contributed by atoms with Crippen LogP contribution >= 0.6 is 0 Å². The first-order chi connectivity index (χ1) is 11.5. The minimum atomic E-state index is -0.488. The van der Waals surface area contributed by atoms with Gasteiger partial charge in [-0.15, -0.1) is 0 Å². The lowest BCUT2D eigenvalue weighted by Gasteiger charge is -2.16. The van der Waals surface area contributed by atoms with Crippen LogP contribution in [-0.2, 0) is 20.9 Å². The average molecular weight is 329 g/mol. The first-order valence-electron chi connectivity index (χ1n) is 7.92. The molecule has 5 nitrogen and oxygen atoms in total. The van der Waals surface area contributed by atoms with Gasteiger partial charge in [-0.3, -0.25) is 4.79 Å². The summed E-state index contributed by atoms with van der Waals surface area (Å²) in [5.74, 6) is -0.0142. The van der Waals surface area contributed by atoms with Gasteiger partial charge in [0.05, 0.1) is 13.7 Å².